The maximum Gasteiger partial charge on any atom is 0.0852 e. The first-order chi connectivity index (χ1) is 9.08. The van der Waals surface area contributed by atoms with Crippen LogP contribution < -0.4 is 0 Å². The third-order valence-corrected chi connectivity index (χ3v) is 3.59. The molecule has 0 spiro atoms. The van der Waals surface area contributed by atoms with Crippen LogP contribution in [0.2, 0.25) is 0 Å². The standard InChI is InChI=1S/C14H28O5/c1-14(2)5-4-12(13(14)15)19-11-10-18-9-8-17-7-6-16-3/h12-13,15H,4-11H2,1-3H3. The van der Waals surface area contributed by atoms with Gasteiger partial charge >= 0.3 is 0 Å². The first-order valence-corrected chi connectivity index (χ1v) is 7.02. The number of aliphatic hydroxyl groups excluding tert-OH is 1. The molecule has 0 aromatic carbocycles. The first kappa shape index (κ1) is 16.9. The Bertz CT molecular complexity index is 232. The van der Waals surface area contributed by atoms with Crippen LogP contribution in [0, 0.1) is 5.41 Å². The van der Waals surface area contributed by atoms with E-state index in [-0.39, 0.29) is 17.6 Å². The molecule has 0 aromatic heterocycles. The van der Waals surface area contributed by atoms with Crippen LogP contribution in [0.1, 0.15) is 26.7 Å². The molecule has 0 heterocycles. The Morgan fingerprint density at radius 3 is 2.11 bits per heavy atom. The monoisotopic (exact) mass is 276 g/mol. The summed E-state index contributed by atoms with van der Waals surface area (Å²) in [6.45, 7) is 7.56. The van der Waals surface area contributed by atoms with E-state index in [4.69, 9.17) is 18.9 Å². The second-order valence-corrected chi connectivity index (χ2v) is 5.60. The third kappa shape index (κ3) is 6.19. The molecule has 0 bridgehead atoms. The predicted octanol–water partition coefficient (Wildman–Crippen LogP) is 1.23. The van der Waals surface area contributed by atoms with Crippen molar-refractivity contribution in [3.05, 3.63) is 0 Å². The summed E-state index contributed by atoms with van der Waals surface area (Å²) in [5.41, 5.74) is -0.0271. The predicted molar refractivity (Wildman–Crippen MR) is 72.3 cm³/mol. The molecule has 1 saturated carbocycles. The van der Waals surface area contributed by atoms with Gasteiger partial charge in [0.1, 0.15) is 0 Å². The van der Waals surface area contributed by atoms with Crippen LogP contribution in [-0.2, 0) is 18.9 Å². The Morgan fingerprint density at radius 2 is 1.58 bits per heavy atom. The van der Waals surface area contributed by atoms with Crippen molar-refractivity contribution in [1.82, 2.24) is 0 Å². The van der Waals surface area contributed by atoms with Gasteiger partial charge in [0.05, 0.1) is 51.8 Å². The lowest BCUT2D eigenvalue weighted by Crippen LogP contribution is -2.33. The van der Waals surface area contributed by atoms with E-state index in [1.165, 1.54) is 0 Å². The van der Waals surface area contributed by atoms with Crippen molar-refractivity contribution in [2.45, 2.75) is 38.9 Å². The lowest BCUT2D eigenvalue weighted by atomic mass is 9.89. The van der Waals surface area contributed by atoms with E-state index in [9.17, 15) is 5.11 Å². The lowest BCUT2D eigenvalue weighted by molar-refractivity contribution is -0.0679. The zero-order valence-electron chi connectivity index (χ0n) is 12.4. The zero-order chi connectivity index (χ0) is 14.1. The molecule has 0 amide bonds. The summed E-state index contributed by atoms with van der Waals surface area (Å²) in [6.07, 6.45) is 1.52. The molecule has 2 unspecified atom stereocenters. The average molecular weight is 276 g/mol. The van der Waals surface area contributed by atoms with E-state index in [1.54, 1.807) is 7.11 Å². The van der Waals surface area contributed by atoms with Gasteiger partial charge in [0.2, 0.25) is 0 Å². The Balaban J connectivity index is 1.92. The van der Waals surface area contributed by atoms with Crippen molar-refractivity contribution < 1.29 is 24.1 Å². The molecule has 0 aromatic rings. The van der Waals surface area contributed by atoms with Gasteiger partial charge in [-0.1, -0.05) is 13.8 Å². The van der Waals surface area contributed by atoms with Crippen LogP contribution in [0.25, 0.3) is 0 Å². The molecule has 0 saturated heterocycles. The zero-order valence-corrected chi connectivity index (χ0v) is 12.4. The van der Waals surface area contributed by atoms with Gasteiger partial charge in [0.15, 0.2) is 0 Å². The number of methoxy groups -OCH3 is 1. The normalized spacial score (nSPS) is 25.9. The molecular formula is C14H28O5. The molecule has 114 valence electrons. The maximum absolute atomic E-state index is 10.0. The SMILES string of the molecule is COCCOCCOCCOC1CCC(C)(C)C1O. The smallest absolute Gasteiger partial charge is 0.0852 e. The van der Waals surface area contributed by atoms with Gasteiger partial charge in [-0.05, 0) is 18.3 Å². The number of aliphatic hydroxyl groups is 1. The van der Waals surface area contributed by atoms with Crippen LogP contribution in [0.5, 0.6) is 0 Å². The summed E-state index contributed by atoms with van der Waals surface area (Å²) in [4.78, 5) is 0. The molecule has 1 aliphatic carbocycles. The highest BCUT2D eigenvalue weighted by molar-refractivity contribution is 4.91. The fourth-order valence-corrected chi connectivity index (χ4v) is 2.22. The van der Waals surface area contributed by atoms with Crippen molar-refractivity contribution in [2.75, 3.05) is 46.8 Å². The fourth-order valence-electron chi connectivity index (χ4n) is 2.22. The number of ether oxygens (including phenoxy) is 4. The van der Waals surface area contributed by atoms with Gasteiger partial charge in [-0.3, -0.25) is 0 Å². The molecule has 0 radical (unpaired) electrons. The van der Waals surface area contributed by atoms with E-state index >= 15 is 0 Å². The Morgan fingerprint density at radius 1 is 1.00 bits per heavy atom. The van der Waals surface area contributed by atoms with Gasteiger partial charge in [0.25, 0.3) is 0 Å². The summed E-state index contributed by atoms with van der Waals surface area (Å²) < 4.78 is 21.2. The molecule has 1 fully saturated rings. The highest BCUT2D eigenvalue weighted by atomic mass is 16.6. The van der Waals surface area contributed by atoms with Gasteiger partial charge in [-0.25, -0.2) is 0 Å². The van der Waals surface area contributed by atoms with Crippen LogP contribution in [-0.4, -0.2) is 64.1 Å². The van der Waals surface area contributed by atoms with E-state index < -0.39 is 0 Å². The summed E-state index contributed by atoms with van der Waals surface area (Å²) >= 11 is 0. The van der Waals surface area contributed by atoms with Crippen molar-refractivity contribution in [1.29, 1.82) is 0 Å². The van der Waals surface area contributed by atoms with Crippen LogP contribution in [0.15, 0.2) is 0 Å². The van der Waals surface area contributed by atoms with Crippen molar-refractivity contribution in [2.24, 2.45) is 5.41 Å². The molecule has 5 heteroatoms. The van der Waals surface area contributed by atoms with Crippen LogP contribution in [0.3, 0.4) is 0 Å². The Labute approximate surface area is 116 Å². The van der Waals surface area contributed by atoms with Crippen molar-refractivity contribution in [3.63, 3.8) is 0 Å². The van der Waals surface area contributed by atoms with Crippen LogP contribution in [0.4, 0.5) is 0 Å². The topological polar surface area (TPSA) is 57.2 Å². The minimum Gasteiger partial charge on any atom is -0.390 e. The highest BCUT2D eigenvalue weighted by Crippen LogP contribution is 2.38. The van der Waals surface area contributed by atoms with Crippen molar-refractivity contribution >= 4 is 0 Å². The summed E-state index contributed by atoms with van der Waals surface area (Å²) in [5, 5.41) is 10.0. The van der Waals surface area contributed by atoms with Crippen molar-refractivity contribution in [3.8, 4) is 0 Å². The first-order valence-electron chi connectivity index (χ1n) is 7.02. The molecule has 1 N–H and O–H groups in total. The lowest BCUT2D eigenvalue weighted by Gasteiger charge is -2.25. The minimum absolute atomic E-state index is 0.0271. The fraction of sp³-hybridized carbons (Fsp3) is 1.00. The maximum atomic E-state index is 10.0. The highest BCUT2D eigenvalue weighted by Gasteiger charge is 2.41. The molecule has 1 aliphatic rings. The molecule has 1 rings (SSSR count). The van der Waals surface area contributed by atoms with Gasteiger partial charge in [-0.15, -0.1) is 0 Å². The van der Waals surface area contributed by atoms with E-state index in [1.807, 2.05) is 0 Å². The quantitative estimate of drug-likeness (QED) is 0.608. The average Bonchev–Trinajstić information content (AvgIpc) is 2.63. The number of hydrogen-bond donors (Lipinski definition) is 1. The van der Waals surface area contributed by atoms with E-state index in [0.717, 1.165) is 12.8 Å². The summed E-state index contributed by atoms with van der Waals surface area (Å²) in [6, 6.07) is 0. The summed E-state index contributed by atoms with van der Waals surface area (Å²) in [5.74, 6) is 0. The molecule has 5 nitrogen and oxygen atoms in total. The largest absolute Gasteiger partial charge is 0.390 e. The molecule has 2 atom stereocenters. The number of hydrogen-bond acceptors (Lipinski definition) is 5. The Hall–Kier alpha value is -0.200. The second-order valence-electron chi connectivity index (χ2n) is 5.60. The van der Waals surface area contributed by atoms with Gasteiger partial charge < -0.3 is 24.1 Å². The molecule has 0 aliphatic heterocycles. The van der Waals surface area contributed by atoms with Gasteiger partial charge in [-0.2, -0.15) is 0 Å². The Kier molecular flexibility index (Phi) is 7.87. The van der Waals surface area contributed by atoms with E-state index in [0.29, 0.717) is 39.6 Å². The van der Waals surface area contributed by atoms with E-state index in [2.05, 4.69) is 13.8 Å². The third-order valence-electron chi connectivity index (χ3n) is 3.59. The summed E-state index contributed by atoms with van der Waals surface area (Å²) in [7, 11) is 1.65. The minimum atomic E-state index is -0.370. The van der Waals surface area contributed by atoms with Gasteiger partial charge in [0, 0.05) is 7.11 Å². The molecule has 19 heavy (non-hydrogen) atoms. The molecular weight excluding hydrogens is 248 g/mol. The number of rotatable bonds is 10. The second kappa shape index (κ2) is 8.87. The van der Waals surface area contributed by atoms with Crippen LogP contribution >= 0.6 is 0 Å².